The number of benzene rings is 1. The molecule has 0 aliphatic carbocycles. The molecule has 0 unspecified atom stereocenters. The van der Waals surface area contributed by atoms with Gasteiger partial charge in [-0.25, -0.2) is 22.5 Å². The molecule has 0 aliphatic heterocycles. The normalized spacial score (nSPS) is 11.8. The van der Waals surface area contributed by atoms with Crippen molar-refractivity contribution in [2.45, 2.75) is 4.90 Å². The molecule has 0 radical (unpaired) electrons. The minimum Gasteiger partial charge on any atom is -0.248 e. The Balaban J connectivity index is 2.58. The number of sulfone groups is 1. The maximum Gasteiger partial charge on any atom is 0.217 e. The third-order valence-electron chi connectivity index (χ3n) is 2.35. The first-order chi connectivity index (χ1) is 8.29. The molecule has 8 heteroatoms. The van der Waals surface area contributed by atoms with Crippen molar-refractivity contribution < 1.29 is 12.8 Å². The van der Waals surface area contributed by atoms with Crippen molar-refractivity contribution in [3.8, 4) is 11.4 Å². The Morgan fingerprint density at radius 2 is 2.06 bits per heavy atom. The standard InChI is InChI=1S/C10H9BrFN3O2S/c1-15-9(13-10(11)14-15)7-4-3-6(5-8(7)12)18(2,16)17/h3-5H,1-2H3. The van der Waals surface area contributed by atoms with Crippen molar-refractivity contribution in [3.63, 3.8) is 0 Å². The van der Waals surface area contributed by atoms with Gasteiger partial charge in [-0.2, -0.15) is 0 Å². The van der Waals surface area contributed by atoms with Crippen LogP contribution in [0.5, 0.6) is 0 Å². The minimum atomic E-state index is -3.42. The highest BCUT2D eigenvalue weighted by atomic mass is 79.9. The van der Waals surface area contributed by atoms with Crippen LogP contribution in [0.15, 0.2) is 27.8 Å². The van der Waals surface area contributed by atoms with Crippen molar-refractivity contribution in [2.75, 3.05) is 6.26 Å². The molecule has 0 aliphatic rings. The number of aryl methyl sites for hydroxylation is 1. The third-order valence-corrected chi connectivity index (χ3v) is 3.79. The van der Waals surface area contributed by atoms with Gasteiger partial charge in [0.25, 0.3) is 0 Å². The highest BCUT2D eigenvalue weighted by Gasteiger charge is 2.16. The van der Waals surface area contributed by atoms with Gasteiger partial charge < -0.3 is 0 Å². The topological polar surface area (TPSA) is 64.8 Å². The number of hydrogen-bond acceptors (Lipinski definition) is 4. The molecule has 18 heavy (non-hydrogen) atoms. The van der Waals surface area contributed by atoms with E-state index in [9.17, 15) is 12.8 Å². The lowest BCUT2D eigenvalue weighted by Crippen LogP contribution is -2.01. The van der Waals surface area contributed by atoms with Crippen LogP contribution >= 0.6 is 15.9 Å². The molecule has 1 heterocycles. The Bertz CT molecular complexity index is 712. The molecular formula is C10H9BrFN3O2S. The van der Waals surface area contributed by atoms with Gasteiger partial charge in [0.1, 0.15) is 5.82 Å². The van der Waals surface area contributed by atoms with E-state index in [1.54, 1.807) is 7.05 Å². The van der Waals surface area contributed by atoms with Crippen molar-refractivity contribution >= 4 is 25.8 Å². The van der Waals surface area contributed by atoms with Crippen LogP contribution in [0.25, 0.3) is 11.4 Å². The molecule has 0 atom stereocenters. The second-order valence-corrected chi connectivity index (χ2v) is 6.47. The number of halogens is 2. The highest BCUT2D eigenvalue weighted by molar-refractivity contribution is 9.10. The van der Waals surface area contributed by atoms with Crippen LogP contribution in [0.1, 0.15) is 0 Å². The molecular weight excluding hydrogens is 325 g/mol. The van der Waals surface area contributed by atoms with Gasteiger partial charge in [-0.3, -0.25) is 0 Å². The van der Waals surface area contributed by atoms with Gasteiger partial charge in [0.2, 0.25) is 4.73 Å². The second-order valence-electron chi connectivity index (χ2n) is 3.74. The zero-order chi connectivity index (χ0) is 13.5. The first kappa shape index (κ1) is 13.2. The molecule has 0 spiro atoms. The minimum absolute atomic E-state index is 0.0648. The average Bonchev–Trinajstić information content (AvgIpc) is 2.56. The Morgan fingerprint density at radius 1 is 1.39 bits per heavy atom. The van der Waals surface area contributed by atoms with Crippen LogP contribution in [-0.4, -0.2) is 29.4 Å². The second kappa shape index (κ2) is 4.43. The fourth-order valence-electron chi connectivity index (χ4n) is 1.50. The molecule has 0 fully saturated rings. The van der Waals surface area contributed by atoms with Crippen LogP contribution in [0.3, 0.4) is 0 Å². The van der Waals surface area contributed by atoms with E-state index in [1.165, 1.54) is 16.8 Å². The molecule has 0 saturated heterocycles. The van der Waals surface area contributed by atoms with Gasteiger partial charge in [-0.15, -0.1) is 5.10 Å². The zero-order valence-corrected chi connectivity index (χ0v) is 12.0. The van der Waals surface area contributed by atoms with Crippen LogP contribution in [0, 0.1) is 5.82 Å². The molecule has 1 aromatic heterocycles. The van der Waals surface area contributed by atoms with Gasteiger partial charge in [0.05, 0.1) is 10.5 Å². The van der Waals surface area contributed by atoms with Crippen molar-refractivity contribution in [1.82, 2.24) is 14.8 Å². The number of rotatable bonds is 2. The summed E-state index contributed by atoms with van der Waals surface area (Å²) in [5.74, 6) is -0.333. The van der Waals surface area contributed by atoms with Gasteiger partial charge in [0, 0.05) is 13.3 Å². The lowest BCUT2D eigenvalue weighted by Gasteiger charge is -2.04. The average molecular weight is 334 g/mol. The summed E-state index contributed by atoms with van der Waals surface area (Å²) in [5.41, 5.74) is 0.197. The summed E-state index contributed by atoms with van der Waals surface area (Å²) < 4.78 is 38.2. The van der Waals surface area contributed by atoms with E-state index in [0.29, 0.717) is 10.6 Å². The molecule has 2 rings (SSSR count). The summed E-state index contributed by atoms with van der Waals surface area (Å²) in [5, 5.41) is 3.94. The monoisotopic (exact) mass is 333 g/mol. The first-order valence-electron chi connectivity index (χ1n) is 4.85. The van der Waals surface area contributed by atoms with E-state index >= 15 is 0 Å². The molecule has 0 amide bonds. The van der Waals surface area contributed by atoms with Crippen molar-refractivity contribution in [1.29, 1.82) is 0 Å². The maximum absolute atomic E-state index is 13.9. The quantitative estimate of drug-likeness (QED) is 0.840. The van der Waals surface area contributed by atoms with Crippen LogP contribution in [0.4, 0.5) is 4.39 Å². The largest absolute Gasteiger partial charge is 0.248 e. The van der Waals surface area contributed by atoms with Crippen LogP contribution in [-0.2, 0) is 16.9 Å². The maximum atomic E-state index is 13.9. The zero-order valence-electron chi connectivity index (χ0n) is 9.55. The number of aromatic nitrogens is 3. The molecule has 0 bridgehead atoms. The highest BCUT2D eigenvalue weighted by Crippen LogP contribution is 2.24. The van der Waals surface area contributed by atoms with Gasteiger partial charge in [0.15, 0.2) is 15.7 Å². The molecule has 0 saturated carbocycles. The lowest BCUT2D eigenvalue weighted by molar-refractivity contribution is 0.596. The van der Waals surface area contributed by atoms with Crippen molar-refractivity contribution in [2.24, 2.45) is 7.05 Å². The van der Waals surface area contributed by atoms with E-state index in [2.05, 4.69) is 26.0 Å². The lowest BCUT2D eigenvalue weighted by atomic mass is 10.2. The summed E-state index contributed by atoms with van der Waals surface area (Å²) in [6.45, 7) is 0. The predicted octanol–water partition coefficient (Wildman–Crippen LogP) is 1.79. The van der Waals surface area contributed by atoms with E-state index in [1.807, 2.05) is 0 Å². The summed E-state index contributed by atoms with van der Waals surface area (Å²) >= 11 is 3.09. The Kier molecular flexibility index (Phi) is 3.24. The Morgan fingerprint density at radius 3 is 2.50 bits per heavy atom. The van der Waals surface area contributed by atoms with E-state index in [0.717, 1.165) is 12.3 Å². The summed E-state index contributed by atoms with van der Waals surface area (Å²) in [4.78, 5) is 3.95. The number of hydrogen-bond donors (Lipinski definition) is 0. The van der Waals surface area contributed by atoms with E-state index in [-0.39, 0.29) is 10.5 Å². The Labute approximate surface area is 112 Å². The van der Waals surface area contributed by atoms with Crippen LogP contribution in [0.2, 0.25) is 0 Å². The van der Waals surface area contributed by atoms with E-state index < -0.39 is 15.7 Å². The van der Waals surface area contributed by atoms with Crippen LogP contribution < -0.4 is 0 Å². The molecule has 5 nitrogen and oxygen atoms in total. The number of nitrogens with zero attached hydrogens (tertiary/aromatic N) is 3. The third kappa shape index (κ3) is 2.44. The summed E-state index contributed by atoms with van der Waals surface area (Å²) in [7, 11) is -1.80. The van der Waals surface area contributed by atoms with Gasteiger partial charge >= 0.3 is 0 Å². The Hall–Kier alpha value is -1.28. The fraction of sp³-hybridized carbons (Fsp3) is 0.200. The first-order valence-corrected chi connectivity index (χ1v) is 7.54. The van der Waals surface area contributed by atoms with Gasteiger partial charge in [-0.05, 0) is 34.1 Å². The summed E-state index contributed by atoms with van der Waals surface area (Å²) in [6, 6.07) is 3.70. The summed E-state index contributed by atoms with van der Waals surface area (Å²) in [6.07, 6.45) is 1.03. The SMILES string of the molecule is Cn1nc(Br)nc1-c1ccc(S(C)(=O)=O)cc1F. The van der Waals surface area contributed by atoms with E-state index in [4.69, 9.17) is 0 Å². The predicted molar refractivity (Wildman–Crippen MR) is 67.2 cm³/mol. The molecule has 2 aromatic rings. The molecule has 1 aromatic carbocycles. The van der Waals surface area contributed by atoms with Gasteiger partial charge in [-0.1, -0.05) is 0 Å². The fourth-order valence-corrected chi connectivity index (χ4v) is 2.53. The van der Waals surface area contributed by atoms with Crippen molar-refractivity contribution in [3.05, 3.63) is 28.7 Å². The smallest absolute Gasteiger partial charge is 0.217 e. The molecule has 96 valence electrons. The molecule has 0 N–H and O–H groups in total.